The number of hydrogen-bond acceptors (Lipinski definition) is 4. The zero-order chi connectivity index (χ0) is 25.0. The molecule has 0 spiro atoms. The van der Waals surface area contributed by atoms with Gasteiger partial charge in [-0.2, -0.15) is 13.2 Å². The van der Waals surface area contributed by atoms with Gasteiger partial charge in [-0.05, 0) is 68.0 Å². The van der Waals surface area contributed by atoms with Crippen molar-refractivity contribution in [2.24, 2.45) is 0 Å². The third-order valence-electron chi connectivity index (χ3n) is 6.27. The fraction of sp³-hybridized carbons (Fsp3) is 0.385. The van der Waals surface area contributed by atoms with Crippen molar-refractivity contribution < 1.29 is 13.2 Å². The number of aromatic nitrogens is 2. The smallest absolute Gasteiger partial charge is 0.367 e. The molecule has 4 rings (SSSR count). The van der Waals surface area contributed by atoms with Crippen LogP contribution in [0.3, 0.4) is 0 Å². The molecule has 0 aliphatic carbocycles. The van der Waals surface area contributed by atoms with Crippen molar-refractivity contribution in [3.63, 3.8) is 0 Å². The van der Waals surface area contributed by atoms with Gasteiger partial charge in [0, 0.05) is 40.6 Å². The van der Waals surface area contributed by atoms with Crippen LogP contribution in [0.15, 0.2) is 59.1 Å². The fourth-order valence-electron chi connectivity index (χ4n) is 4.45. The molecule has 4 nitrogen and oxygen atoms in total. The standard InChI is InChI=1S/C26H27BrClF3N4/c1-17(22(19-6-5-7-20(27)15-19)14-18-8-10-21(28)11-9-18)32-23-16-24(35-12-3-2-4-13-35)34-25(33-23)26(29,30)31/h5-11,15-17,22H,2-4,12-14H2,1H3,(H,32,33,34)/t17-,22+/m0/s1. The third-order valence-corrected chi connectivity index (χ3v) is 7.02. The zero-order valence-electron chi connectivity index (χ0n) is 19.3. The number of nitrogens with zero attached hydrogens (tertiary/aromatic N) is 3. The summed E-state index contributed by atoms with van der Waals surface area (Å²) >= 11 is 9.60. The van der Waals surface area contributed by atoms with Crippen LogP contribution in [0.4, 0.5) is 24.8 Å². The largest absolute Gasteiger partial charge is 0.451 e. The molecule has 0 saturated carbocycles. The first kappa shape index (κ1) is 25.8. The van der Waals surface area contributed by atoms with Crippen LogP contribution in [0, 0.1) is 0 Å². The predicted molar refractivity (Wildman–Crippen MR) is 138 cm³/mol. The second kappa shape index (κ2) is 11.2. The maximum atomic E-state index is 13.7. The Morgan fingerprint density at radius 3 is 2.40 bits per heavy atom. The van der Waals surface area contributed by atoms with Crippen LogP contribution >= 0.6 is 27.5 Å². The highest BCUT2D eigenvalue weighted by Crippen LogP contribution is 2.33. The molecule has 2 heterocycles. The summed E-state index contributed by atoms with van der Waals surface area (Å²) in [6.07, 6.45) is -0.988. The topological polar surface area (TPSA) is 41.0 Å². The molecular formula is C26H27BrClF3N4. The summed E-state index contributed by atoms with van der Waals surface area (Å²) in [5, 5.41) is 3.92. The van der Waals surface area contributed by atoms with E-state index in [9.17, 15) is 13.2 Å². The quantitative estimate of drug-likeness (QED) is 0.317. The van der Waals surface area contributed by atoms with Crippen molar-refractivity contribution in [3.8, 4) is 0 Å². The summed E-state index contributed by atoms with van der Waals surface area (Å²) in [6, 6.07) is 17.0. The van der Waals surface area contributed by atoms with Crippen molar-refractivity contribution in [2.45, 2.75) is 50.7 Å². The van der Waals surface area contributed by atoms with E-state index in [1.165, 1.54) is 0 Å². The molecule has 1 saturated heterocycles. The highest BCUT2D eigenvalue weighted by atomic mass is 79.9. The van der Waals surface area contributed by atoms with Crippen LogP contribution in [-0.4, -0.2) is 29.1 Å². The number of halogens is 5. The lowest BCUT2D eigenvalue weighted by Gasteiger charge is -2.30. The molecule has 9 heteroatoms. The van der Waals surface area contributed by atoms with Crippen molar-refractivity contribution in [1.82, 2.24) is 9.97 Å². The molecule has 2 aromatic carbocycles. The lowest BCUT2D eigenvalue weighted by Crippen LogP contribution is -2.32. The molecule has 186 valence electrons. The van der Waals surface area contributed by atoms with Crippen LogP contribution in [0.2, 0.25) is 5.02 Å². The normalized spacial score (nSPS) is 16.1. The van der Waals surface area contributed by atoms with E-state index in [1.54, 1.807) is 6.07 Å². The van der Waals surface area contributed by atoms with Gasteiger partial charge in [0.05, 0.1) is 0 Å². The van der Waals surface area contributed by atoms with Gasteiger partial charge in [0.15, 0.2) is 0 Å². The van der Waals surface area contributed by atoms with Gasteiger partial charge in [-0.1, -0.05) is 51.8 Å². The summed E-state index contributed by atoms with van der Waals surface area (Å²) < 4.78 is 41.9. The Morgan fingerprint density at radius 2 is 1.74 bits per heavy atom. The highest BCUT2D eigenvalue weighted by molar-refractivity contribution is 9.10. The van der Waals surface area contributed by atoms with Gasteiger partial charge >= 0.3 is 6.18 Å². The molecule has 0 bridgehead atoms. The summed E-state index contributed by atoms with van der Waals surface area (Å²) in [6.45, 7) is 3.36. The second-order valence-electron chi connectivity index (χ2n) is 8.91. The maximum absolute atomic E-state index is 13.7. The first-order chi connectivity index (χ1) is 16.7. The Labute approximate surface area is 217 Å². The number of benzene rings is 2. The van der Waals surface area contributed by atoms with Crippen LogP contribution in [0.25, 0.3) is 0 Å². The first-order valence-electron chi connectivity index (χ1n) is 11.7. The third kappa shape index (κ3) is 6.88. The van der Waals surface area contributed by atoms with Gasteiger partial charge in [0.1, 0.15) is 11.6 Å². The number of piperidine rings is 1. The molecule has 2 atom stereocenters. The van der Waals surface area contributed by atoms with E-state index < -0.39 is 12.0 Å². The zero-order valence-corrected chi connectivity index (χ0v) is 21.7. The Balaban J connectivity index is 1.65. The Morgan fingerprint density at radius 1 is 1.03 bits per heavy atom. The van der Waals surface area contributed by atoms with Gasteiger partial charge in [0.25, 0.3) is 0 Å². The van der Waals surface area contributed by atoms with Crippen molar-refractivity contribution in [2.75, 3.05) is 23.3 Å². The van der Waals surface area contributed by atoms with Crippen LogP contribution in [0.1, 0.15) is 49.1 Å². The average Bonchev–Trinajstić information content (AvgIpc) is 2.83. The van der Waals surface area contributed by atoms with E-state index in [4.69, 9.17) is 11.6 Å². The summed E-state index contributed by atoms with van der Waals surface area (Å²) in [7, 11) is 0. The second-order valence-corrected chi connectivity index (χ2v) is 10.3. The van der Waals surface area contributed by atoms with Gasteiger partial charge < -0.3 is 10.2 Å². The Hall–Kier alpha value is -2.32. The van der Waals surface area contributed by atoms with E-state index in [-0.39, 0.29) is 17.8 Å². The number of anilines is 2. The van der Waals surface area contributed by atoms with Crippen LogP contribution in [0.5, 0.6) is 0 Å². The minimum atomic E-state index is -4.63. The van der Waals surface area contributed by atoms with Crippen molar-refractivity contribution in [3.05, 3.63) is 81.0 Å². The SMILES string of the molecule is C[C@H](Nc1cc(N2CCCCC2)nc(C(F)(F)F)n1)[C@@H](Cc1ccc(Cl)cc1)c1cccc(Br)c1. The molecular weight excluding hydrogens is 541 g/mol. The van der Waals surface area contributed by atoms with E-state index >= 15 is 0 Å². The van der Waals surface area contributed by atoms with Crippen LogP contribution < -0.4 is 10.2 Å². The van der Waals surface area contributed by atoms with Gasteiger partial charge in [0.2, 0.25) is 5.82 Å². The Bertz CT molecular complexity index is 1130. The minimum absolute atomic E-state index is 0.0311. The molecule has 1 N–H and O–H groups in total. The van der Waals surface area contributed by atoms with Gasteiger partial charge in [-0.3, -0.25) is 0 Å². The van der Waals surface area contributed by atoms with E-state index in [2.05, 4.69) is 31.2 Å². The number of rotatable bonds is 7. The number of nitrogens with one attached hydrogen (secondary N) is 1. The molecule has 1 aliphatic heterocycles. The molecule has 3 aromatic rings. The van der Waals surface area contributed by atoms with Gasteiger partial charge in [-0.15, -0.1) is 0 Å². The molecule has 35 heavy (non-hydrogen) atoms. The van der Waals surface area contributed by atoms with Gasteiger partial charge in [-0.25, -0.2) is 9.97 Å². The summed E-state index contributed by atoms with van der Waals surface area (Å²) in [4.78, 5) is 9.62. The monoisotopic (exact) mass is 566 g/mol. The number of alkyl halides is 3. The average molecular weight is 568 g/mol. The van der Waals surface area contributed by atoms with Crippen molar-refractivity contribution in [1.29, 1.82) is 0 Å². The first-order valence-corrected chi connectivity index (χ1v) is 12.8. The molecule has 1 aromatic heterocycles. The van der Waals surface area contributed by atoms with E-state index in [0.29, 0.717) is 30.4 Å². The number of hydrogen-bond donors (Lipinski definition) is 1. The highest BCUT2D eigenvalue weighted by Gasteiger charge is 2.36. The Kier molecular flexibility index (Phi) is 8.22. The molecule has 1 aliphatic rings. The van der Waals surface area contributed by atoms with Crippen LogP contribution in [-0.2, 0) is 12.6 Å². The minimum Gasteiger partial charge on any atom is -0.367 e. The van der Waals surface area contributed by atoms with Crippen molar-refractivity contribution >= 4 is 39.2 Å². The lowest BCUT2D eigenvalue weighted by atomic mass is 9.86. The fourth-order valence-corrected chi connectivity index (χ4v) is 4.99. The molecule has 1 fully saturated rings. The van der Waals surface area contributed by atoms with E-state index in [1.807, 2.05) is 60.4 Å². The predicted octanol–water partition coefficient (Wildman–Crippen LogP) is 7.73. The summed E-state index contributed by atoms with van der Waals surface area (Å²) in [5.41, 5.74) is 2.15. The van der Waals surface area contributed by atoms with E-state index in [0.717, 1.165) is 34.9 Å². The maximum Gasteiger partial charge on any atom is 0.451 e. The summed E-state index contributed by atoms with van der Waals surface area (Å²) in [5.74, 6) is -0.654. The lowest BCUT2D eigenvalue weighted by molar-refractivity contribution is -0.144. The molecule has 0 unspecified atom stereocenters. The molecule has 0 radical (unpaired) electrons. The molecule has 0 amide bonds.